The summed E-state index contributed by atoms with van der Waals surface area (Å²) < 4.78 is 0. The van der Waals surface area contributed by atoms with Crippen molar-refractivity contribution >= 4 is 0 Å². The molecule has 11 heavy (non-hydrogen) atoms. The number of aryl methyl sites for hydroxylation is 1. The van der Waals surface area contributed by atoms with Gasteiger partial charge in [0.25, 0.3) is 5.56 Å². The predicted octanol–water partition coefficient (Wildman–Crippen LogP) is 2.06. The van der Waals surface area contributed by atoms with E-state index in [1.807, 2.05) is 34.6 Å². The van der Waals surface area contributed by atoms with Crippen LogP contribution in [0.25, 0.3) is 0 Å². The largest absolute Gasteiger partial charge is 0.303 e. The van der Waals surface area contributed by atoms with E-state index in [1.165, 1.54) is 6.07 Å². The molecular weight excluding hydrogens is 140 g/mol. The monoisotopic (exact) mass is 158 g/mol. The second-order valence-electron chi connectivity index (χ2n) is 1.44. The average Bonchev–Trinajstić information content (AvgIpc) is 2.43. The minimum Gasteiger partial charge on any atom is -0.303 e. The van der Waals surface area contributed by atoms with E-state index in [9.17, 15) is 4.79 Å². The van der Waals surface area contributed by atoms with E-state index >= 15 is 0 Å². The Morgan fingerprint density at radius 3 is 1.64 bits per heavy atom. The number of hydrogen-bond acceptors (Lipinski definition) is 1. The van der Waals surface area contributed by atoms with Crippen molar-refractivity contribution in [3.8, 4) is 0 Å². The van der Waals surface area contributed by atoms with Crippen LogP contribution >= 0.6 is 0 Å². The first kappa shape index (κ1) is 12.7. The van der Waals surface area contributed by atoms with Crippen LogP contribution in [0.4, 0.5) is 0 Å². The first-order valence-corrected chi connectivity index (χ1v) is 4.03. The highest BCUT2D eigenvalue weighted by atomic mass is 16.1. The number of aromatic amines is 2. The third-order valence-electron chi connectivity index (χ3n) is 0.730. The summed E-state index contributed by atoms with van der Waals surface area (Å²) in [4.78, 5) is 10.2. The third kappa shape index (κ3) is 6.90. The van der Waals surface area contributed by atoms with Gasteiger partial charge in [0.05, 0.1) is 0 Å². The molecule has 1 aromatic heterocycles. The molecule has 0 bridgehead atoms. The highest BCUT2D eigenvalue weighted by molar-refractivity contribution is 4.92. The van der Waals surface area contributed by atoms with Crippen LogP contribution in [-0.2, 0) is 0 Å². The lowest BCUT2D eigenvalue weighted by Gasteiger charge is -1.69. The minimum absolute atomic E-state index is 0.0718. The van der Waals surface area contributed by atoms with Gasteiger partial charge in [-0.1, -0.05) is 27.7 Å². The lowest BCUT2D eigenvalue weighted by Crippen LogP contribution is -1.93. The molecule has 3 heteroatoms. The SMILES string of the molecule is CC.CC.Cc1cc(=O)[nH][nH]1. The minimum atomic E-state index is -0.0718. The summed E-state index contributed by atoms with van der Waals surface area (Å²) in [6.45, 7) is 9.82. The Morgan fingerprint density at radius 1 is 1.09 bits per heavy atom. The molecule has 0 radical (unpaired) electrons. The van der Waals surface area contributed by atoms with Crippen molar-refractivity contribution in [3.05, 3.63) is 22.1 Å². The second kappa shape index (κ2) is 9.01. The second-order valence-corrected chi connectivity index (χ2v) is 1.44. The third-order valence-corrected chi connectivity index (χ3v) is 0.730. The van der Waals surface area contributed by atoms with Crippen LogP contribution in [-0.4, -0.2) is 10.2 Å². The molecule has 0 unspecified atom stereocenters. The molecular formula is C8H18N2O. The van der Waals surface area contributed by atoms with Crippen LogP contribution in [0.15, 0.2) is 10.9 Å². The fourth-order valence-electron chi connectivity index (χ4n) is 0.429. The van der Waals surface area contributed by atoms with Crippen LogP contribution in [0.5, 0.6) is 0 Å². The van der Waals surface area contributed by atoms with Crippen molar-refractivity contribution in [2.75, 3.05) is 0 Å². The molecule has 3 nitrogen and oxygen atoms in total. The molecule has 0 saturated carbocycles. The summed E-state index contributed by atoms with van der Waals surface area (Å²) in [6, 6.07) is 1.50. The molecule has 0 aliphatic carbocycles. The Morgan fingerprint density at radius 2 is 1.55 bits per heavy atom. The number of H-pyrrole nitrogens is 2. The standard InChI is InChI=1S/C4H6N2O.2C2H6/c1-3-2-4(7)6-5-3;2*1-2/h2H,1H3,(H2,5,6,7);2*1-2H3. The summed E-state index contributed by atoms with van der Waals surface area (Å²) >= 11 is 0. The number of hydrogen-bond donors (Lipinski definition) is 2. The van der Waals surface area contributed by atoms with Crippen molar-refractivity contribution < 1.29 is 0 Å². The molecule has 0 spiro atoms. The highest BCUT2D eigenvalue weighted by Gasteiger charge is 1.81. The van der Waals surface area contributed by atoms with Gasteiger partial charge in [-0.05, 0) is 6.92 Å². The van der Waals surface area contributed by atoms with Crippen LogP contribution < -0.4 is 5.56 Å². The topological polar surface area (TPSA) is 48.6 Å². The lowest BCUT2D eigenvalue weighted by molar-refractivity contribution is 1.02. The maximum Gasteiger partial charge on any atom is 0.264 e. The molecule has 66 valence electrons. The van der Waals surface area contributed by atoms with Crippen molar-refractivity contribution in [2.24, 2.45) is 0 Å². The highest BCUT2D eigenvalue weighted by Crippen LogP contribution is 1.76. The van der Waals surface area contributed by atoms with Gasteiger partial charge in [-0.2, -0.15) is 0 Å². The fraction of sp³-hybridized carbons (Fsp3) is 0.625. The quantitative estimate of drug-likeness (QED) is 0.596. The smallest absolute Gasteiger partial charge is 0.264 e. The predicted molar refractivity (Wildman–Crippen MR) is 48.8 cm³/mol. The van der Waals surface area contributed by atoms with E-state index in [0.717, 1.165) is 5.69 Å². The number of nitrogens with one attached hydrogen (secondary N) is 2. The molecule has 0 aliphatic heterocycles. The maximum absolute atomic E-state index is 10.2. The van der Waals surface area contributed by atoms with E-state index in [-0.39, 0.29) is 5.56 Å². The van der Waals surface area contributed by atoms with Gasteiger partial charge in [-0.25, -0.2) is 0 Å². The molecule has 0 atom stereocenters. The van der Waals surface area contributed by atoms with Crippen molar-refractivity contribution in [2.45, 2.75) is 34.6 Å². The molecule has 2 N–H and O–H groups in total. The summed E-state index contributed by atoms with van der Waals surface area (Å²) in [5.41, 5.74) is 0.794. The molecule has 0 aliphatic rings. The van der Waals surface area contributed by atoms with Gasteiger partial charge in [0.1, 0.15) is 0 Å². The van der Waals surface area contributed by atoms with Crippen molar-refractivity contribution in [1.29, 1.82) is 0 Å². The summed E-state index contributed by atoms with van der Waals surface area (Å²) in [5.74, 6) is 0. The average molecular weight is 158 g/mol. The molecule has 0 saturated heterocycles. The zero-order valence-electron chi connectivity index (χ0n) is 7.99. The van der Waals surface area contributed by atoms with Gasteiger partial charge in [0.2, 0.25) is 0 Å². The zero-order valence-corrected chi connectivity index (χ0v) is 7.99. The molecule has 1 heterocycles. The van der Waals surface area contributed by atoms with Gasteiger partial charge in [-0.3, -0.25) is 9.89 Å². The lowest BCUT2D eigenvalue weighted by atomic mass is 10.5. The Hall–Kier alpha value is -0.990. The van der Waals surface area contributed by atoms with Crippen LogP contribution in [0, 0.1) is 6.92 Å². The Bertz CT molecular complexity index is 200. The molecule has 0 amide bonds. The molecule has 0 fully saturated rings. The summed E-state index contributed by atoms with van der Waals surface area (Å²) in [5, 5.41) is 5.02. The van der Waals surface area contributed by atoms with Gasteiger partial charge >= 0.3 is 0 Å². The molecule has 1 aromatic rings. The first-order valence-electron chi connectivity index (χ1n) is 4.03. The van der Waals surface area contributed by atoms with Crippen LogP contribution in [0.1, 0.15) is 33.4 Å². The Balaban J connectivity index is 0. The van der Waals surface area contributed by atoms with Crippen LogP contribution in [0.2, 0.25) is 0 Å². The number of aromatic nitrogens is 2. The van der Waals surface area contributed by atoms with Gasteiger partial charge in [0, 0.05) is 11.8 Å². The summed E-state index contributed by atoms with van der Waals surface area (Å²) in [7, 11) is 0. The van der Waals surface area contributed by atoms with Crippen LogP contribution in [0.3, 0.4) is 0 Å². The molecule has 1 rings (SSSR count). The Kier molecular flexibility index (Phi) is 10.4. The van der Waals surface area contributed by atoms with E-state index < -0.39 is 0 Å². The van der Waals surface area contributed by atoms with Gasteiger partial charge in [-0.15, -0.1) is 0 Å². The van der Waals surface area contributed by atoms with Gasteiger partial charge < -0.3 is 5.10 Å². The van der Waals surface area contributed by atoms with Crippen molar-refractivity contribution in [3.63, 3.8) is 0 Å². The van der Waals surface area contributed by atoms with Crippen molar-refractivity contribution in [1.82, 2.24) is 10.2 Å². The normalized spacial score (nSPS) is 7.00. The molecule has 0 aromatic carbocycles. The summed E-state index contributed by atoms with van der Waals surface area (Å²) in [6.07, 6.45) is 0. The zero-order chi connectivity index (χ0) is 9.28. The van der Waals surface area contributed by atoms with E-state index in [0.29, 0.717) is 0 Å². The van der Waals surface area contributed by atoms with E-state index in [2.05, 4.69) is 10.2 Å². The first-order chi connectivity index (χ1) is 5.29. The Labute approximate surface area is 67.8 Å². The number of rotatable bonds is 0. The van der Waals surface area contributed by atoms with E-state index in [4.69, 9.17) is 0 Å². The van der Waals surface area contributed by atoms with E-state index in [1.54, 1.807) is 0 Å². The van der Waals surface area contributed by atoms with Gasteiger partial charge in [0.15, 0.2) is 0 Å². The fourth-order valence-corrected chi connectivity index (χ4v) is 0.429. The maximum atomic E-state index is 10.2.